The Morgan fingerprint density at radius 3 is 0.867 bits per heavy atom. The highest BCUT2D eigenvalue weighted by Crippen LogP contribution is 2.12. The number of rotatable bonds is 22. The Morgan fingerprint density at radius 1 is 0.400 bits per heavy atom. The molecular formula is C26H56O4. The van der Waals surface area contributed by atoms with Gasteiger partial charge in [-0.15, -0.1) is 0 Å². The molecule has 0 spiro atoms. The molecule has 0 aromatic rings. The molecule has 0 saturated carbocycles. The number of hydrogen-bond donors (Lipinski definition) is 4. The van der Waals surface area contributed by atoms with E-state index in [0.29, 0.717) is 0 Å². The van der Waals surface area contributed by atoms with E-state index in [4.69, 9.17) is 20.4 Å². The Balaban J connectivity index is 0. The van der Waals surface area contributed by atoms with Gasteiger partial charge in [-0.1, -0.05) is 129 Å². The van der Waals surface area contributed by atoms with Gasteiger partial charge in [0.15, 0.2) is 0 Å². The predicted molar refractivity (Wildman–Crippen MR) is 130 cm³/mol. The van der Waals surface area contributed by atoms with E-state index in [1.54, 1.807) is 0 Å². The van der Waals surface area contributed by atoms with E-state index >= 15 is 0 Å². The van der Waals surface area contributed by atoms with E-state index in [1.165, 1.54) is 103 Å². The molecule has 0 aromatic carbocycles. The van der Waals surface area contributed by atoms with Crippen LogP contribution < -0.4 is 0 Å². The number of aliphatic hydroxyl groups excluding tert-OH is 4. The smallest absolute Gasteiger partial charge is 0.0770 e. The first-order chi connectivity index (χ1) is 14.6. The van der Waals surface area contributed by atoms with Crippen LogP contribution in [0.3, 0.4) is 0 Å². The van der Waals surface area contributed by atoms with Gasteiger partial charge < -0.3 is 20.4 Å². The topological polar surface area (TPSA) is 80.9 Å². The zero-order chi connectivity index (χ0) is 22.7. The third-order valence-electron chi connectivity index (χ3n) is 5.70. The minimum absolute atomic E-state index is 0.0863. The Hall–Kier alpha value is -0.160. The van der Waals surface area contributed by atoms with Crippen LogP contribution in [-0.2, 0) is 0 Å². The molecule has 0 saturated heterocycles. The molecule has 0 aliphatic rings. The van der Waals surface area contributed by atoms with Gasteiger partial charge in [-0.3, -0.25) is 0 Å². The second-order valence-electron chi connectivity index (χ2n) is 8.91. The lowest BCUT2D eigenvalue weighted by molar-refractivity contribution is 0.0859. The van der Waals surface area contributed by atoms with Crippen molar-refractivity contribution in [3.63, 3.8) is 0 Å². The maximum Gasteiger partial charge on any atom is 0.0770 e. The quantitative estimate of drug-likeness (QED) is 0.147. The molecule has 0 aliphatic carbocycles. The van der Waals surface area contributed by atoms with Crippen molar-refractivity contribution in [2.24, 2.45) is 0 Å². The second-order valence-corrected chi connectivity index (χ2v) is 8.91. The van der Waals surface area contributed by atoms with E-state index in [2.05, 4.69) is 13.8 Å². The highest BCUT2D eigenvalue weighted by atomic mass is 16.3. The molecule has 4 heteroatoms. The van der Waals surface area contributed by atoms with Gasteiger partial charge in [-0.25, -0.2) is 0 Å². The van der Waals surface area contributed by atoms with Crippen molar-refractivity contribution in [1.82, 2.24) is 0 Å². The first kappa shape index (κ1) is 32.0. The van der Waals surface area contributed by atoms with E-state index in [-0.39, 0.29) is 13.2 Å². The summed E-state index contributed by atoms with van der Waals surface area (Å²) in [6.07, 6.45) is 23.9. The van der Waals surface area contributed by atoms with Gasteiger partial charge in [-0.2, -0.15) is 0 Å². The lowest BCUT2D eigenvalue weighted by Crippen LogP contribution is -2.10. The summed E-state index contributed by atoms with van der Waals surface area (Å²) < 4.78 is 0. The molecule has 2 atom stereocenters. The summed E-state index contributed by atoms with van der Waals surface area (Å²) in [5.41, 5.74) is 0. The fourth-order valence-corrected chi connectivity index (χ4v) is 3.56. The number of hydrogen-bond acceptors (Lipinski definition) is 4. The lowest BCUT2D eigenvalue weighted by Gasteiger charge is -2.06. The zero-order valence-electron chi connectivity index (χ0n) is 20.5. The maximum atomic E-state index is 9.11. The molecule has 0 fully saturated rings. The van der Waals surface area contributed by atoms with Crippen molar-refractivity contribution in [1.29, 1.82) is 0 Å². The van der Waals surface area contributed by atoms with Crippen LogP contribution in [-0.4, -0.2) is 45.8 Å². The van der Waals surface area contributed by atoms with Crippen LogP contribution >= 0.6 is 0 Å². The predicted octanol–water partition coefficient (Wildman–Crippen LogP) is 6.52. The highest BCUT2D eigenvalue weighted by molar-refractivity contribution is 4.54. The second kappa shape index (κ2) is 28.8. The Morgan fingerprint density at radius 2 is 0.633 bits per heavy atom. The summed E-state index contributed by atoms with van der Waals surface area (Å²) in [5.74, 6) is 0. The highest BCUT2D eigenvalue weighted by Gasteiger charge is 2.01. The van der Waals surface area contributed by atoms with Crippen LogP contribution in [0, 0.1) is 0 Å². The first-order valence-electron chi connectivity index (χ1n) is 13.2. The minimum Gasteiger partial charge on any atom is -0.394 e. The van der Waals surface area contributed by atoms with Crippen LogP contribution in [0.2, 0.25) is 0 Å². The van der Waals surface area contributed by atoms with Crippen LogP contribution in [0.5, 0.6) is 0 Å². The van der Waals surface area contributed by atoms with Crippen molar-refractivity contribution in [3.8, 4) is 0 Å². The van der Waals surface area contributed by atoms with Crippen LogP contribution in [0.25, 0.3) is 0 Å². The van der Waals surface area contributed by atoms with Gasteiger partial charge in [-0.05, 0) is 12.8 Å². The third-order valence-corrected chi connectivity index (χ3v) is 5.70. The molecule has 0 bridgehead atoms. The molecule has 0 radical (unpaired) electrons. The fraction of sp³-hybridized carbons (Fsp3) is 1.00. The van der Waals surface area contributed by atoms with Gasteiger partial charge in [0, 0.05) is 0 Å². The molecular weight excluding hydrogens is 376 g/mol. The molecule has 0 rings (SSSR count). The summed E-state index contributed by atoms with van der Waals surface area (Å²) in [7, 11) is 0. The molecule has 0 aliphatic heterocycles. The van der Waals surface area contributed by atoms with Gasteiger partial charge in [0.25, 0.3) is 0 Å². The summed E-state index contributed by atoms with van der Waals surface area (Å²) in [6.45, 7) is 4.31. The third kappa shape index (κ3) is 30.0. The summed E-state index contributed by atoms with van der Waals surface area (Å²) in [4.78, 5) is 0. The van der Waals surface area contributed by atoms with E-state index in [1.807, 2.05) is 0 Å². The molecule has 0 heterocycles. The minimum atomic E-state index is -0.491. The Kier molecular flexibility index (Phi) is 30.8. The molecule has 0 aromatic heterocycles. The normalized spacial score (nSPS) is 13.0. The number of aliphatic hydroxyl groups is 4. The van der Waals surface area contributed by atoms with E-state index in [0.717, 1.165) is 25.7 Å². The average Bonchev–Trinajstić information content (AvgIpc) is 2.76. The van der Waals surface area contributed by atoms with E-state index < -0.39 is 12.2 Å². The van der Waals surface area contributed by atoms with Crippen LogP contribution in [0.15, 0.2) is 0 Å². The van der Waals surface area contributed by atoms with E-state index in [9.17, 15) is 0 Å². The van der Waals surface area contributed by atoms with Crippen molar-refractivity contribution >= 4 is 0 Å². The first-order valence-corrected chi connectivity index (χ1v) is 13.2. The number of unbranched alkanes of at least 4 members (excludes halogenated alkanes) is 16. The molecule has 30 heavy (non-hydrogen) atoms. The summed E-state index contributed by atoms with van der Waals surface area (Å²) in [5, 5.41) is 35.4. The molecule has 2 unspecified atom stereocenters. The Bertz CT molecular complexity index is 258. The molecule has 4 nitrogen and oxygen atoms in total. The van der Waals surface area contributed by atoms with Gasteiger partial charge >= 0.3 is 0 Å². The van der Waals surface area contributed by atoms with Crippen molar-refractivity contribution in [3.05, 3.63) is 0 Å². The standard InChI is InChI=1S/2C13H28O2/c2*1-2-3-4-5-6-7-8-9-10-11-13(15)12-14/h2*13-15H,2-12H2,1H3. The Labute approximate surface area is 188 Å². The van der Waals surface area contributed by atoms with Gasteiger partial charge in [0.2, 0.25) is 0 Å². The van der Waals surface area contributed by atoms with Gasteiger partial charge in [0.05, 0.1) is 25.4 Å². The lowest BCUT2D eigenvalue weighted by atomic mass is 10.1. The largest absolute Gasteiger partial charge is 0.394 e. The average molecular weight is 433 g/mol. The maximum absolute atomic E-state index is 9.11. The van der Waals surface area contributed by atoms with Gasteiger partial charge in [0.1, 0.15) is 0 Å². The monoisotopic (exact) mass is 432 g/mol. The molecule has 184 valence electrons. The van der Waals surface area contributed by atoms with Crippen molar-refractivity contribution in [2.45, 2.75) is 154 Å². The van der Waals surface area contributed by atoms with Crippen molar-refractivity contribution < 1.29 is 20.4 Å². The summed E-state index contributed by atoms with van der Waals surface area (Å²) >= 11 is 0. The van der Waals surface area contributed by atoms with Crippen LogP contribution in [0.4, 0.5) is 0 Å². The molecule has 4 N–H and O–H groups in total. The van der Waals surface area contributed by atoms with Crippen molar-refractivity contribution in [2.75, 3.05) is 13.2 Å². The van der Waals surface area contributed by atoms with Crippen LogP contribution in [0.1, 0.15) is 142 Å². The fourth-order valence-electron chi connectivity index (χ4n) is 3.56. The zero-order valence-corrected chi connectivity index (χ0v) is 20.5. The SMILES string of the molecule is CCCCCCCCCCCC(O)CO.CCCCCCCCCCCC(O)CO. The molecule has 0 amide bonds. The summed E-state index contributed by atoms with van der Waals surface area (Å²) in [6, 6.07) is 0.